The van der Waals surface area contributed by atoms with Crippen LogP contribution in [-0.2, 0) is 4.79 Å². The van der Waals surface area contributed by atoms with Gasteiger partial charge in [0.15, 0.2) is 0 Å². The maximum atomic E-state index is 12.2. The van der Waals surface area contributed by atoms with Crippen molar-refractivity contribution in [3.8, 4) is 0 Å². The van der Waals surface area contributed by atoms with Crippen LogP contribution in [0.1, 0.15) is 19.3 Å². The minimum atomic E-state index is 0.0277. The quantitative estimate of drug-likeness (QED) is 0.892. The average molecular weight is 298 g/mol. The molecule has 1 atom stereocenters. The minimum absolute atomic E-state index is 0.0277. The van der Waals surface area contributed by atoms with Gasteiger partial charge in [-0.3, -0.25) is 9.69 Å². The number of aliphatic hydroxyl groups is 1. The lowest BCUT2D eigenvalue weighted by atomic mass is 10.1. The Morgan fingerprint density at radius 2 is 2.05 bits per heavy atom. The summed E-state index contributed by atoms with van der Waals surface area (Å²) in [6.07, 6.45) is 2.59. The first-order valence-corrected chi connectivity index (χ1v) is 7.90. The first kappa shape index (κ1) is 15.0. The van der Waals surface area contributed by atoms with Gasteiger partial charge < -0.3 is 10.4 Å². The van der Waals surface area contributed by atoms with Crippen molar-refractivity contribution in [3.63, 3.8) is 0 Å². The minimum Gasteiger partial charge on any atom is -0.395 e. The zero-order valence-electron chi connectivity index (χ0n) is 12.7. The molecule has 1 heterocycles. The molecule has 1 saturated heterocycles. The molecule has 0 aliphatic carbocycles. The van der Waals surface area contributed by atoms with E-state index in [4.69, 9.17) is 0 Å². The average Bonchev–Trinajstić information content (AvgIpc) is 3.01. The van der Waals surface area contributed by atoms with Gasteiger partial charge >= 0.3 is 0 Å². The molecule has 0 unspecified atom stereocenters. The Bertz CT molecular complexity index is 651. The molecule has 4 nitrogen and oxygen atoms in total. The topological polar surface area (TPSA) is 52.6 Å². The number of anilines is 1. The molecule has 1 aliphatic rings. The van der Waals surface area contributed by atoms with E-state index in [9.17, 15) is 9.90 Å². The summed E-state index contributed by atoms with van der Waals surface area (Å²) in [4.78, 5) is 14.4. The van der Waals surface area contributed by atoms with Crippen LogP contribution in [-0.4, -0.2) is 41.7 Å². The van der Waals surface area contributed by atoms with Gasteiger partial charge in [-0.25, -0.2) is 0 Å². The predicted molar refractivity (Wildman–Crippen MR) is 88.9 cm³/mol. The Labute approximate surface area is 130 Å². The molecule has 0 saturated carbocycles. The molecule has 0 spiro atoms. The van der Waals surface area contributed by atoms with E-state index in [0.717, 1.165) is 35.8 Å². The second-order valence-electron chi connectivity index (χ2n) is 5.84. The summed E-state index contributed by atoms with van der Waals surface area (Å²) in [7, 11) is 0. The largest absolute Gasteiger partial charge is 0.395 e. The summed E-state index contributed by atoms with van der Waals surface area (Å²) < 4.78 is 0. The highest BCUT2D eigenvalue weighted by Crippen LogP contribution is 2.23. The van der Waals surface area contributed by atoms with Crippen LogP contribution < -0.4 is 5.32 Å². The third kappa shape index (κ3) is 3.29. The first-order chi connectivity index (χ1) is 10.8. The number of amides is 1. The van der Waals surface area contributed by atoms with Gasteiger partial charge in [-0.15, -0.1) is 0 Å². The fourth-order valence-electron chi connectivity index (χ4n) is 3.19. The van der Waals surface area contributed by atoms with Gasteiger partial charge in [0.2, 0.25) is 5.91 Å². The van der Waals surface area contributed by atoms with E-state index >= 15 is 0 Å². The third-order valence-electron chi connectivity index (χ3n) is 4.40. The number of nitrogens with one attached hydrogen (secondary N) is 1. The van der Waals surface area contributed by atoms with Gasteiger partial charge in [-0.1, -0.05) is 36.4 Å². The van der Waals surface area contributed by atoms with E-state index in [1.165, 1.54) is 0 Å². The van der Waals surface area contributed by atoms with Crippen molar-refractivity contribution in [1.82, 2.24) is 4.90 Å². The number of rotatable bonds is 5. The third-order valence-corrected chi connectivity index (χ3v) is 4.40. The molecule has 1 aliphatic heterocycles. The number of benzene rings is 2. The Hall–Kier alpha value is -1.91. The number of carbonyl (C=O) groups excluding carboxylic acids is 1. The van der Waals surface area contributed by atoms with Gasteiger partial charge in [0.1, 0.15) is 0 Å². The Kier molecular flexibility index (Phi) is 4.71. The van der Waals surface area contributed by atoms with Crippen LogP contribution in [0.15, 0.2) is 42.5 Å². The molecular weight excluding hydrogens is 276 g/mol. The van der Waals surface area contributed by atoms with Gasteiger partial charge in [0, 0.05) is 30.1 Å². The number of fused-ring (bicyclic) bond motifs is 1. The van der Waals surface area contributed by atoms with Crippen molar-refractivity contribution in [1.29, 1.82) is 0 Å². The number of aliphatic hydroxyl groups excluding tert-OH is 1. The zero-order valence-corrected chi connectivity index (χ0v) is 12.7. The molecule has 0 aromatic heterocycles. The Morgan fingerprint density at radius 1 is 1.23 bits per heavy atom. The summed E-state index contributed by atoms with van der Waals surface area (Å²) in [5.41, 5.74) is 0.864. The Balaban J connectivity index is 1.61. The van der Waals surface area contributed by atoms with Crippen molar-refractivity contribution in [2.75, 3.05) is 25.0 Å². The van der Waals surface area contributed by atoms with E-state index in [1.807, 2.05) is 42.5 Å². The summed E-state index contributed by atoms with van der Waals surface area (Å²) in [5.74, 6) is 0.0277. The summed E-state index contributed by atoms with van der Waals surface area (Å²) in [5, 5.41) is 14.5. The summed E-state index contributed by atoms with van der Waals surface area (Å²) in [6, 6.07) is 14.2. The lowest BCUT2D eigenvalue weighted by molar-refractivity contribution is -0.116. The van der Waals surface area contributed by atoms with Gasteiger partial charge in [-0.2, -0.15) is 0 Å². The monoisotopic (exact) mass is 298 g/mol. The van der Waals surface area contributed by atoms with Crippen LogP contribution in [0.3, 0.4) is 0 Å². The lowest BCUT2D eigenvalue weighted by Crippen LogP contribution is -2.34. The van der Waals surface area contributed by atoms with Crippen molar-refractivity contribution in [3.05, 3.63) is 42.5 Å². The molecule has 2 N–H and O–H groups in total. The predicted octanol–water partition coefficient (Wildman–Crippen LogP) is 2.63. The molecule has 2 aromatic rings. The second-order valence-corrected chi connectivity index (χ2v) is 5.84. The molecule has 1 fully saturated rings. The van der Waals surface area contributed by atoms with Crippen molar-refractivity contribution >= 4 is 22.4 Å². The Morgan fingerprint density at radius 3 is 2.91 bits per heavy atom. The first-order valence-electron chi connectivity index (χ1n) is 7.90. The number of nitrogens with zero attached hydrogens (tertiary/aromatic N) is 1. The van der Waals surface area contributed by atoms with Crippen LogP contribution in [0, 0.1) is 0 Å². The molecule has 0 radical (unpaired) electrons. The highest BCUT2D eigenvalue weighted by molar-refractivity contribution is 6.02. The molecule has 22 heavy (non-hydrogen) atoms. The van der Waals surface area contributed by atoms with Crippen LogP contribution in [0.4, 0.5) is 5.69 Å². The summed E-state index contributed by atoms with van der Waals surface area (Å²) in [6.45, 7) is 1.87. The van der Waals surface area contributed by atoms with Crippen molar-refractivity contribution < 1.29 is 9.90 Å². The van der Waals surface area contributed by atoms with E-state index in [-0.39, 0.29) is 18.6 Å². The summed E-state index contributed by atoms with van der Waals surface area (Å²) >= 11 is 0. The van der Waals surface area contributed by atoms with Crippen LogP contribution in [0.5, 0.6) is 0 Å². The molecule has 2 aromatic carbocycles. The smallest absolute Gasteiger partial charge is 0.225 e. The maximum Gasteiger partial charge on any atom is 0.225 e. The van der Waals surface area contributed by atoms with Gasteiger partial charge in [0.25, 0.3) is 0 Å². The molecule has 1 amide bonds. The number of likely N-dealkylation sites (tertiary alicyclic amines) is 1. The maximum absolute atomic E-state index is 12.2. The zero-order chi connectivity index (χ0) is 15.4. The highest BCUT2D eigenvalue weighted by atomic mass is 16.3. The van der Waals surface area contributed by atoms with E-state index in [0.29, 0.717) is 13.0 Å². The molecule has 116 valence electrons. The normalized spacial score (nSPS) is 18.7. The highest BCUT2D eigenvalue weighted by Gasteiger charge is 2.23. The fraction of sp³-hybridized carbons (Fsp3) is 0.389. The SMILES string of the molecule is O=C(CCN1CCC[C@@H]1CO)Nc1cccc2ccccc12. The van der Waals surface area contributed by atoms with Crippen LogP contribution in [0.2, 0.25) is 0 Å². The van der Waals surface area contributed by atoms with Crippen molar-refractivity contribution in [2.24, 2.45) is 0 Å². The number of hydrogen-bond donors (Lipinski definition) is 2. The second kappa shape index (κ2) is 6.90. The molecule has 0 bridgehead atoms. The van der Waals surface area contributed by atoms with E-state index < -0.39 is 0 Å². The van der Waals surface area contributed by atoms with Gasteiger partial charge in [0.05, 0.1) is 6.61 Å². The van der Waals surface area contributed by atoms with E-state index in [2.05, 4.69) is 10.2 Å². The van der Waals surface area contributed by atoms with E-state index in [1.54, 1.807) is 0 Å². The number of carbonyl (C=O) groups is 1. The van der Waals surface area contributed by atoms with Gasteiger partial charge in [-0.05, 0) is 30.8 Å². The van der Waals surface area contributed by atoms with Crippen LogP contribution >= 0.6 is 0 Å². The lowest BCUT2D eigenvalue weighted by Gasteiger charge is -2.22. The van der Waals surface area contributed by atoms with Crippen LogP contribution in [0.25, 0.3) is 10.8 Å². The molecule has 3 rings (SSSR count). The fourth-order valence-corrected chi connectivity index (χ4v) is 3.19. The molecule has 4 heteroatoms. The number of hydrogen-bond acceptors (Lipinski definition) is 3. The molecular formula is C18H22N2O2. The van der Waals surface area contributed by atoms with Crippen molar-refractivity contribution in [2.45, 2.75) is 25.3 Å². The standard InChI is InChI=1S/C18H22N2O2/c21-13-15-7-4-11-20(15)12-10-18(22)19-17-9-3-6-14-5-1-2-8-16(14)17/h1-3,5-6,8-9,15,21H,4,7,10-13H2,(H,19,22)/t15-/m1/s1.